The topological polar surface area (TPSA) is 56.3 Å². The van der Waals surface area contributed by atoms with Gasteiger partial charge in [0.25, 0.3) is 0 Å². The molecule has 0 amide bonds. The molecule has 0 bridgehead atoms. The maximum Gasteiger partial charge on any atom is 0.304 e. The van der Waals surface area contributed by atoms with Gasteiger partial charge in [-0.15, -0.1) is 0 Å². The van der Waals surface area contributed by atoms with Crippen LogP contribution in [0.4, 0.5) is 0 Å². The molecule has 1 aliphatic heterocycles. The van der Waals surface area contributed by atoms with Crippen LogP contribution < -0.4 is 4.87 Å². The van der Waals surface area contributed by atoms with Crippen LogP contribution in [0.2, 0.25) is 0 Å². The Bertz CT molecular complexity index is 411. The van der Waals surface area contributed by atoms with E-state index < -0.39 is 0 Å². The highest BCUT2D eigenvalue weighted by molar-refractivity contribution is 7.09. The molecular formula is C12H20N2O2S. The van der Waals surface area contributed by atoms with E-state index in [9.17, 15) is 4.79 Å². The van der Waals surface area contributed by atoms with Crippen LogP contribution in [-0.2, 0) is 6.54 Å². The Morgan fingerprint density at radius 3 is 3.00 bits per heavy atom. The van der Waals surface area contributed by atoms with E-state index >= 15 is 0 Å². The first kappa shape index (κ1) is 12.8. The number of hydrogen-bond acceptors (Lipinski definition) is 4. The Morgan fingerprint density at radius 2 is 2.35 bits per heavy atom. The Kier molecular flexibility index (Phi) is 4.36. The maximum atomic E-state index is 11.3. The fourth-order valence-electron chi connectivity index (χ4n) is 2.52. The molecule has 1 aromatic rings. The smallest absolute Gasteiger partial charge is 0.304 e. The van der Waals surface area contributed by atoms with Crippen molar-refractivity contribution in [3.05, 3.63) is 20.2 Å². The summed E-state index contributed by atoms with van der Waals surface area (Å²) in [5, 5.41) is 9.08. The number of rotatable bonds is 4. The number of piperidine rings is 1. The number of nitrogens with one attached hydrogen (secondary N) is 1. The summed E-state index contributed by atoms with van der Waals surface area (Å²) in [6.45, 7) is 4.14. The van der Waals surface area contributed by atoms with Gasteiger partial charge in [0.2, 0.25) is 0 Å². The molecule has 5 heteroatoms. The van der Waals surface area contributed by atoms with E-state index in [1.165, 1.54) is 30.6 Å². The standard InChI is InChI=1S/C12H20N2O2S/c1-9-11(17-12(16)13-9)8-14-6-3-2-4-10(14)5-7-15/h10,15H,2-8H2,1H3,(H,13,16). The largest absolute Gasteiger partial charge is 0.396 e. The SMILES string of the molecule is Cc1[nH]c(=O)sc1CN1CCCCC1CCO. The van der Waals surface area contributed by atoms with E-state index in [-0.39, 0.29) is 11.5 Å². The molecule has 1 aliphatic rings. The summed E-state index contributed by atoms with van der Waals surface area (Å²) < 4.78 is 0. The van der Waals surface area contributed by atoms with Gasteiger partial charge in [-0.2, -0.15) is 0 Å². The van der Waals surface area contributed by atoms with Crippen LogP contribution in [0, 0.1) is 6.92 Å². The third-order valence-corrected chi connectivity index (χ3v) is 4.45. The summed E-state index contributed by atoms with van der Waals surface area (Å²) in [6.07, 6.45) is 4.49. The van der Waals surface area contributed by atoms with E-state index in [0.29, 0.717) is 6.04 Å². The molecule has 96 valence electrons. The van der Waals surface area contributed by atoms with Crippen LogP contribution in [0.15, 0.2) is 4.79 Å². The minimum absolute atomic E-state index is 0.0354. The van der Waals surface area contributed by atoms with Gasteiger partial charge >= 0.3 is 4.87 Å². The van der Waals surface area contributed by atoms with Gasteiger partial charge in [-0.05, 0) is 32.7 Å². The summed E-state index contributed by atoms with van der Waals surface area (Å²) >= 11 is 1.31. The Labute approximate surface area is 105 Å². The second-order valence-electron chi connectivity index (χ2n) is 4.70. The lowest BCUT2D eigenvalue weighted by atomic mass is 9.99. The molecule has 0 saturated carbocycles. The van der Waals surface area contributed by atoms with Crippen molar-refractivity contribution in [1.82, 2.24) is 9.88 Å². The number of aromatic amines is 1. The van der Waals surface area contributed by atoms with Crippen molar-refractivity contribution in [2.75, 3.05) is 13.2 Å². The zero-order valence-electron chi connectivity index (χ0n) is 10.2. The first-order valence-corrected chi connectivity index (χ1v) is 7.06. The van der Waals surface area contributed by atoms with E-state index in [2.05, 4.69) is 9.88 Å². The van der Waals surface area contributed by atoms with Crippen molar-refractivity contribution in [3.63, 3.8) is 0 Å². The third kappa shape index (κ3) is 3.18. The lowest BCUT2D eigenvalue weighted by molar-refractivity contribution is 0.113. The zero-order valence-corrected chi connectivity index (χ0v) is 11.1. The van der Waals surface area contributed by atoms with Gasteiger partial charge in [-0.3, -0.25) is 9.69 Å². The third-order valence-electron chi connectivity index (χ3n) is 3.48. The van der Waals surface area contributed by atoms with Crippen LogP contribution in [0.1, 0.15) is 36.3 Å². The van der Waals surface area contributed by atoms with Crippen LogP contribution in [0.5, 0.6) is 0 Å². The lowest BCUT2D eigenvalue weighted by Gasteiger charge is -2.35. The average Bonchev–Trinajstić information content (AvgIpc) is 2.61. The van der Waals surface area contributed by atoms with Crippen molar-refractivity contribution in [2.24, 2.45) is 0 Å². The van der Waals surface area contributed by atoms with Gasteiger partial charge in [-0.25, -0.2) is 0 Å². The van der Waals surface area contributed by atoms with Crippen molar-refractivity contribution in [3.8, 4) is 0 Å². The summed E-state index contributed by atoms with van der Waals surface area (Å²) in [6, 6.07) is 0.477. The molecule has 1 unspecified atom stereocenters. The summed E-state index contributed by atoms with van der Waals surface area (Å²) in [5.41, 5.74) is 0.994. The fraction of sp³-hybridized carbons (Fsp3) is 0.750. The number of nitrogens with zero attached hydrogens (tertiary/aromatic N) is 1. The molecule has 1 saturated heterocycles. The first-order valence-electron chi connectivity index (χ1n) is 6.24. The van der Waals surface area contributed by atoms with Crippen LogP contribution in [0.25, 0.3) is 0 Å². The van der Waals surface area contributed by atoms with Crippen molar-refractivity contribution in [2.45, 2.75) is 45.2 Å². The number of aliphatic hydroxyl groups excluding tert-OH is 1. The van der Waals surface area contributed by atoms with E-state index in [0.717, 1.165) is 30.1 Å². The van der Waals surface area contributed by atoms with Crippen molar-refractivity contribution in [1.29, 1.82) is 0 Å². The molecule has 0 radical (unpaired) electrons. The van der Waals surface area contributed by atoms with Crippen molar-refractivity contribution < 1.29 is 5.11 Å². The average molecular weight is 256 g/mol. The second-order valence-corrected chi connectivity index (χ2v) is 5.76. The maximum absolute atomic E-state index is 11.3. The predicted octanol–water partition coefficient (Wildman–Crippen LogP) is 1.48. The van der Waals surface area contributed by atoms with Gasteiger partial charge in [-0.1, -0.05) is 17.8 Å². The molecule has 0 aromatic carbocycles. The summed E-state index contributed by atoms with van der Waals surface area (Å²) in [7, 11) is 0. The van der Waals surface area contributed by atoms with Gasteiger partial charge < -0.3 is 10.1 Å². The number of aliphatic hydroxyl groups is 1. The number of H-pyrrole nitrogens is 1. The number of aromatic nitrogens is 1. The van der Waals surface area contributed by atoms with Crippen LogP contribution >= 0.6 is 11.3 Å². The van der Waals surface area contributed by atoms with Gasteiger partial charge in [0.1, 0.15) is 0 Å². The normalized spacial score (nSPS) is 21.9. The molecular weight excluding hydrogens is 236 g/mol. The Morgan fingerprint density at radius 1 is 1.53 bits per heavy atom. The molecule has 1 atom stereocenters. The molecule has 0 aliphatic carbocycles. The van der Waals surface area contributed by atoms with Crippen molar-refractivity contribution >= 4 is 11.3 Å². The predicted molar refractivity (Wildman–Crippen MR) is 69.4 cm³/mol. The Hall–Kier alpha value is -0.650. The van der Waals surface area contributed by atoms with Gasteiger partial charge in [0.05, 0.1) is 0 Å². The monoisotopic (exact) mass is 256 g/mol. The number of likely N-dealkylation sites (tertiary alicyclic amines) is 1. The number of thiazole rings is 1. The molecule has 17 heavy (non-hydrogen) atoms. The second kappa shape index (κ2) is 5.80. The summed E-state index contributed by atoms with van der Waals surface area (Å²) in [5.74, 6) is 0. The lowest BCUT2D eigenvalue weighted by Crippen LogP contribution is -2.39. The minimum atomic E-state index is 0.0354. The van der Waals surface area contributed by atoms with E-state index in [1.54, 1.807) is 0 Å². The fourth-order valence-corrected chi connectivity index (χ4v) is 3.38. The minimum Gasteiger partial charge on any atom is -0.396 e. The number of hydrogen-bond donors (Lipinski definition) is 2. The molecule has 1 fully saturated rings. The highest BCUT2D eigenvalue weighted by Gasteiger charge is 2.22. The molecule has 4 nitrogen and oxygen atoms in total. The van der Waals surface area contributed by atoms with Gasteiger partial charge in [0, 0.05) is 29.8 Å². The highest BCUT2D eigenvalue weighted by atomic mass is 32.1. The quantitative estimate of drug-likeness (QED) is 0.858. The van der Waals surface area contributed by atoms with E-state index in [4.69, 9.17) is 5.11 Å². The molecule has 2 rings (SSSR count). The first-order chi connectivity index (χ1) is 8.20. The van der Waals surface area contributed by atoms with Crippen LogP contribution in [0.3, 0.4) is 0 Å². The molecule has 2 N–H and O–H groups in total. The molecule has 0 spiro atoms. The van der Waals surface area contributed by atoms with Gasteiger partial charge in [0.15, 0.2) is 0 Å². The summed E-state index contributed by atoms with van der Waals surface area (Å²) in [4.78, 5) is 17.7. The van der Waals surface area contributed by atoms with Crippen LogP contribution in [-0.4, -0.2) is 34.2 Å². The number of aryl methyl sites for hydroxylation is 1. The zero-order chi connectivity index (χ0) is 12.3. The Balaban J connectivity index is 2.05. The molecule has 1 aromatic heterocycles. The molecule has 2 heterocycles. The highest BCUT2D eigenvalue weighted by Crippen LogP contribution is 2.23. The van der Waals surface area contributed by atoms with E-state index in [1.807, 2.05) is 6.92 Å².